The standard InChI is InChI=1S/C30H38N4O4S/c1-22-19-33(20-23(2)34(22)39(36,37)28-10-4-7-26(17-28)18-31)21-30(35)32-29-11-5-9-27(24(29)3)13-12-25-8-6-15-38-16-14-25/h4-5,7,9-12,17,22-23H,6,8,13-16,19-21H2,1-3H3,(H,32,35)/b25-12-/t22-,23?/m0/s1. The highest BCUT2D eigenvalue weighted by atomic mass is 32.2. The van der Waals surface area contributed by atoms with Crippen molar-refractivity contribution < 1.29 is 17.9 Å². The van der Waals surface area contributed by atoms with Gasteiger partial charge in [-0.1, -0.05) is 29.8 Å². The Morgan fingerprint density at radius 3 is 2.62 bits per heavy atom. The van der Waals surface area contributed by atoms with Crippen molar-refractivity contribution in [3.05, 3.63) is 70.8 Å². The molecule has 2 heterocycles. The van der Waals surface area contributed by atoms with E-state index in [9.17, 15) is 18.5 Å². The zero-order valence-electron chi connectivity index (χ0n) is 23.0. The second-order valence-corrected chi connectivity index (χ2v) is 12.4. The number of hydrogen-bond acceptors (Lipinski definition) is 6. The van der Waals surface area contributed by atoms with Gasteiger partial charge < -0.3 is 10.1 Å². The van der Waals surface area contributed by atoms with Crippen LogP contribution in [0.1, 0.15) is 49.8 Å². The van der Waals surface area contributed by atoms with Gasteiger partial charge in [-0.3, -0.25) is 9.69 Å². The molecule has 39 heavy (non-hydrogen) atoms. The number of allylic oxidation sites excluding steroid dienone is 1. The summed E-state index contributed by atoms with van der Waals surface area (Å²) < 4.78 is 33.8. The fourth-order valence-electron chi connectivity index (χ4n) is 5.59. The largest absolute Gasteiger partial charge is 0.381 e. The Balaban J connectivity index is 1.38. The first-order valence-corrected chi connectivity index (χ1v) is 15.0. The molecule has 1 unspecified atom stereocenters. The number of carbonyl (C=O) groups is 1. The van der Waals surface area contributed by atoms with E-state index in [1.807, 2.05) is 43.9 Å². The predicted octanol–water partition coefficient (Wildman–Crippen LogP) is 4.26. The molecule has 2 saturated heterocycles. The summed E-state index contributed by atoms with van der Waals surface area (Å²) in [6, 6.07) is 13.4. The second-order valence-electron chi connectivity index (χ2n) is 10.5. The average molecular weight is 551 g/mol. The molecule has 0 aliphatic carbocycles. The lowest BCUT2D eigenvalue weighted by Gasteiger charge is -2.43. The Morgan fingerprint density at radius 2 is 1.87 bits per heavy atom. The molecule has 1 N–H and O–H groups in total. The van der Waals surface area contributed by atoms with Crippen LogP contribution in [0.15, 0.2) is 59.0 Å². The van der Waals surface area contributed by atoms with Crippen LogP contribution in [-0.2, 0) is 26.0 Å². The van der Waals surface area contributed by atoms with E-state index < -0.39 is 10.0 Å². The minimum absolute atomic E-state index is 0.116. The number of nitrogens with zero attached hydrogens (tertiary/aromatic N) is 3. The lowest BCUT2D eigenvalue weighted by molar-refractivity contribution is -0.118. The van der Waals surface area contributed by atoms with Crippen molar-refractivity contribution in [1.82, 2.24) is 9.21 Å². The molecule has 0 aromatic heterocycles. The number of ether oxygens (including phenoxy) is 1. The first kappa shape index (κ1) is 29.0. The van der Waals surface area contributed by atoms with Crippen LogP contribution in [0.2, 0.25) is 0 Å². The molecule has 8 nitrogen and oxygen atoms in total. The van der Waals surface area contributed by atoms with E-state index in [4.69, 9.17) is 4.74 Å². The number of nitriles is 1. The number of rotatable bonds is 7. The normalized spacial score (nSPS) is 22.3. The van der Waals surface area contributed by atoms with Gasteiger partial charge in [0.2, 0.25) is 15.9 Å². The van der Waals surface area contributed by atoms with Gasteiger partial charge in [-0.25, -0.2) is 8.42 Å². The van der Waals surface area contributed by atoms with Gasteiger partial charge in [0.25, 0.3) is 0 Å². The first-order chi connectivity index (χ1) is 18.7. The second kappa shape index (κ2) is 12.9. The van der Waals surface area contributed by atoms with Gasteiger partial charge in [0.15, 0.2) is 0 Å². The molecule has 1 amide bonds. The first-order valence-electron chi connectivity index (χ1n) is 13.6. The molecule has 208 valence electrons. The van der Waals surface area contributed by atoms with E-state index in [0.29, 0.717) is 18.7 Å². The third-order valence-electron chi connectivity index (χ3n) is 7.50. The maximum atomic E-state index is 13.4. The molecule has 2 aromatic rings. The summed E-state index contributed by atoms with van der Waals surface area (Å²) in [7, 11) is -3.78. The van der Waals surface area contributed by atoms with Gasteiger partial charge in [-0.05, 0) is 81.8 Å². The minimum Gasteiger partial charge on any atom is -0.381 e. The smallest absolute Gasteiger partial charge is 0.243 e. The highest BCUT2D eigenvalue weighted by molar-refractivity contribution is 7.89. The molecule has 9 heteroatoms. The zero-order valence-corrected chi connectivity index (χ0v) is 23.8. The highest BCUT2D eigenvalue weighted by Gasteiger charge is 2.38. The molecule has 2 aliphatic rings. The minimum atomic E-state index is -3.78. The lowest BCUT2D eigenvalue weighted by atomic mass is 10.00. The number of carbonyl (C=O) groups excluding carboxylic acids is 1. The Kier molecular flexibility index (Phi) is 9.57. The van der Waals surface area contributed by atoms with Crippen LogP contribution in [0.25, 0.3) is 0 Å². The number of benzene rings is 2. The van der Waals surface area contributed by atoms with E-state index in [-0.39, 0.29) is 29.4 Å². The third-order valence-corrected chi connectivity index (χ3v) is 9.63. The summed E-state index contributed by atoms with van der Waals surface area (Å²) in [5.74, 6) is -0.119. The van der Waals surface area contributed by atoms with Crippen LogP contribution >= 0.6 is 0 Å². The zero-order chi connectivity index (χ0) is 28.0. The monoisotopic (exact) mass is 550 g/mol. The number of sulfonamides is 1. The van der Waals surface area contributed by atoms with Crippen molar-refractivity contribution in [2.75, 3.05) is 38.2 Å². The lowest BCUT2D eigenvalue weighted by Crippen LogP contribution is -2.59. The molecule has 2 atom stereocenters. The number of anilines is 1. The van der Waals surface area contributed by atoms with Crippen molar-refractivity contribution >= 4 is 21.6 Å². The summed E-state index contributed by atoms with van der Waals surface area (Å²) >= 11 is 0. The Labute approximate surface area is 232 Å². The van der Waals surface area contributed by atoms with Crippen molar-refractivity contribution in [1.29, 1.82) is 5.26 Å². The maximum Gasteiger partial charge on any atom is 0.243 e. The highest BCUT2D eigenvalue weighted by Crippen LogP contribution is 2.26. The van der Waals surface area contributed by atoms with Crippen LogP contribution in [0, 0.1) is 18.3 Å². The fourth-order valence-corrected chi connectivity index (χ4v) is 7.44. The number of piperazine rings is 1. The molecule has 2 fully saturated rings. The molecule has 0 radical (unpaired) electrons. The topological polar surface area (TPSA) is 103 Å². The summed E-state index contributed by atoms with van der Waals surface area (Å²) in [6.45, 7) is 8.41. The predicted molar refractivity (Wildman–Crippen MR) is 152 cm³/mol. The Morgan fingerprint density at radius 1 is 1.13 bits per heavy atom. The van der Waals surface area contributed by atoms with Crippen LogP contribution in [0.4, 0.5) is 5.69 Å². The Bertz CT molecular complexity index is 1340. The molecule has 2 aromatic carbocycles. The SMILES string of the molecule is Cc1c(C/C=C2/CCCOCC2)cccc1NC(=O)CN1CC(C)N(S(=O)(=O)c2cccc(C#N)c2)[C@@H](C)C1. The van der Waals surface area contributed by atoms with Gasteiger partial charge >= 0.3 is 0 Å². The molecular weight excluding hydrogens is 512 g/mol. The van der Waals surface area contributed by atoms with E-state index in [1.165, 1.54) is 27.6 Å². The summed E-state index contributed by atoms with van der Waals surface area (Å²) in [4.78, 5) is 15.1. The number of amides is 1. The maximum absolute atomic E-state index is 13.4. The molecule has 0 saturated carbocycles. The number of hydrogen-bond donors (Lipinski definition) is 1. The fraction of sp³-hybridized carbons (Fsp3) is 0.467. The summed E-state index contributed by atoms with van der Waals surface area (Å²) in [5.41, 5.74) is 4.79. The summed E-state index contributed by atoms with van der Waals surface area (Å²) in [5, 5.41) is 12.3. The molecule has 0 spiro atoms. The van der Waals surface area contributed by atoms with Crippen LogP contribution < -0.4 is 5.32 Å². The van der Waals surface area contributed by atoms with Gasteiger partial charge in [0.05, 0.1) is 29.7 Å². The molecule has 0 bridgehead atoms. The van der Waals surface area contributed by atoms with Crippen LogP contribution in [0.5, 0.6) is 0 Å². The molecular formula is C30H38N4O4S. The van der Waals surface area contributed by atoms with Crippen LogP contribution in [-0.4, -0.2) is 68.5 Å². The van der Waals surface area contributed by atoms with Gasteiger partial charge in [-0.15, -0.1) is 0 Å². The van der Waals surface area contributed by atoms with E-state index >= 15 is 0 Å². The van der Waals surface area contributed by atoms with Crippen molar-refractivity contribution in [3.63, 3.8) is 0 Å². The quantitative estimate of drug-likeness (QED) is 0.517. The van der Waals surface area contributed by atoms with Gasteiger partial charge in [-0.2, -0.15) is 9.57 Å². The number of nitrogens with one attached hydrogen (secondary N) is 1. The average Bonchev–Trinajstić information content (AvgIpc) is 3.17. The van der Waals surface area contributed by atoms with Crippen LogP contribution in [0.3, 0.4) is 0 Å². The molecule has 2 aliphatic heterocycles. The summed E-state index contributed by atoms with van der Waals surface area (Å²) in [6.07, 6.45) is 6.25. The van der Waals surface area contributed by atoms with Crippen molar-refractivity contribution in [2.45, 2.75) is 63.4 Å². The third kappa shape index (κ3) is 7.14. The van der Waals surface area contributed by atoms with E-state index in [1.54, 1.807) is 12.1 Å². The van der Waals surface area contributed by atoms with E-state index in [2.05, 4.69) is 17.5 Å². The van der Waals surface area contributed by atoms with Crippen molar-refractivity contribution in [3.8, 4) is 6.07 Å². The van der Waals surface area contributed by atoms with Gasteiger partial charge in [0.1, 0.15) is 0 Å². The molecule has 4 rings (SSSR count). The van der Waals surface area contributed by atoms with Crippen molar-refractivity contribution in [2.24, 2.45) is 0 Å². The van der Waals surface area contributed by atoms with E-state index in [0.717, 1.165) is 50.1 Å². The Hall–Kier alpha value is -3.03. The van der Waals surface area contributed by atoms with Gasteiger partial charge in [0, 0.05) is 37.5 Å².